The van der Waals surface area contributed by atoms with Crippen LogP contribution in [0.1, 0.15) is 12.8 Å². The molecule has 2 rings (SSSR count). The number of β-amino-alcohol motifs (C(OH)–C–C–N with tert-alkyl or cyclic N) is 1. The molecule has 0 saturated carbocycles. The number of ether oxygens (including phenoxy) is 1. The van der Waals surface area contributed by atoms with Gasteiger partial charge in [-0.25, -0.2) is 0 Å². The highest BCUT2D eigenvalue weighted by Gasteiger charge is 2.15. The molecule has 1 atom stereocenters. The second-order valence-electron chi connectivity index (χ2n) is 4.43. The van der Waals surface area contributed by atoms with E-state index < -0.39 is 6.10 Å². The van der Waals surface area contributed by atoms with E-state index in [1.807, 2.05) is 24.3 Å². The predicted octanol–water partition coefficient (Wildman–Crippen LogP) is 2.28. The highest BCUT2D eigenvalue weighted by molar-refractivity contribution is 9.10. The van der Waals surface area contributed by atoms with Gasteiger partial charge in [0.2, 0.25) is 0 Å². The molecule has 17 heavy (non-hydrogen) atoms. The Morgan fingerprint density at radius 1 is 1.24 bits per heavy atom. The predicted molar refractivity (Wildman–Crippen MR) is 71.3 cm³/mol. The lowest BCUT2D eigenvalue weighted by Gasteiger charge is -2.19. The van der Waals surface area contributed by atoms with E-state index in [0.29, 0.717) is 6.61 Å². The number of aliphatic hydroxyl groups excluding tert-OH is 1. The van der Waals surface area contributed by atoms with Gasteiger partial charge < -0.3 is 14.7 Å². The van der Waals surface area contributed by atoms with Crippen LogP contribution in [0.5, 0.6) is 5.75 Å². The van der Waals surface area contributed by atoms with Crippen molar-refractivity contribution in [1.82, 2.24) is 4.90 Å². The third-order valence-corrected chi connectivity index (χ3v) is 3.45. The zero-order chi connectivity index (χ0) is 12.1. The van der Waals surface area contributed by atoms with Crippen LogP contribution in [0.2, 0.25) is 0 Å². The van der Waals surface area contributed by atoms with Crippen LogP contribution in [0.4, 0.5) is 0 Å². The van der Waals surface area contributed by atoms with Gasteiger partial charge in [0.05, 0.1) is 0 Å². The number of aliphatic hydroxyl groups is 1. The molecule has 1 heterocycles. The molecule has 0 spiro atoms. The van der Waals surface area contributed by atoms with Crippen molar-refractivity contribution < 1.29 is 9.84 Å². The molecule has 94 valence electrons. The van der Waals surface area contributed by atoms with Crippen LogP contribution in [0.3, 0.4) is 0 Å². The molecule has 3 nitrogen and oxygen atoms in total. The SMILES string of the molecule is O[C@H](COc1ccc(Br)cc1)CN1CCCC1. The van der Waals surface area contributed by atoms with Crippen LogP contribution >= 0.6 is 15.9 Å². The Kier molecular flexibility index (Phi) is 4.83. The fraction of sp³-hybridized carbons (Fsp3) is 0.538. The van der Waals surface area contributed by atoms with Gasteiger partial charge in [-0.15, -0.1) is 0 Å². The second-order valence-corrected chi connectivity index (χ2v) is 5.34. The Bertz CT molecular complexity index is 336. The summed E-state index contributed by atoms with van der Waals surface area (Å²) in [5.41, 5.74) is 0. The topological polar surface area (TPSA) is 32.7 Å². The lowest BCUT2D eigenvalue weighted by Crippen LogP contribution is -2.33. The maximum atomic E-state index is 9.85. The van der Waals surface area contributed by atoms with Crippen molar-refractivity contribution in [2.45, 2.75) is 18.9 Å². The van der Waals surface area contributed by atoms with Crippen molar-refractivity contribution in [2.24, 2.45) is 0 Å². The molecule has 1 aliphatic heterocycles. The van der Waals surface area contributed by atoms with Crippen LogP contribution in [0, 0.1) is 0 Å². The lowest BCUT2D eigenvalue weighted by atomic mass is 10.3. The molecule has 1 fully saturated rings. The van der Waals surface area contributed by atoms with E-state index in [4.69, 9.17) is 4.74 Å². The van der Waals surface area contributed by atoms with Crippen LogP contribution in [-0.4, -0.2) is 42.4 Å². The van der Waals surface area contributed by atoms with E-state index in [1.165, 1.54) is 12.8 Å². The van der Waals surface area contributed by atoms with Crippen molar-refractivity contribution in [2.75, 3.05) is 26.2 Å². The summed E-state index contributed by atoms with van der Waals surface area (Å²) < 4.78 is 6.57. The fourth-order valence-electron chi connectivity index (χ4n) is 2.04. The molecule has 1 N–H and O–H groups in total. The third kappa shape index (κ3) is 4.30. The second kappa shape index (κ2) is 6.38. The quantitative estimate of drug-likeness (QED) is 0.905. The van der Waals surface area contributed by atoms with Gasteiger partial charge >= 0.3 is 0 Å². The minimum Gasteiger partial charge on any atom is -0.491 e. The number of likely N-dealkylation sites (tertiary alicyclic amines) is 1. The molecule has 1 saturated heterocycles. The van der Waals surface area contributed by atoms with Crippen LogP contribution in [-0.2, 0) is 0 Å². The first-order valence-corrected chi connectivity index (χ1v) is 6.82. The lowest BCUT2D eigenvalue weighted by molar-refractivity contribution is 0.0758. The summed E-state index contributed by atoms with van der Waals surface area (Å²) in [4.78, 5) is 2.29. The highest BCUT2D eigenvalue weighted by Crippen LogP contribution is 2.16. The largest absolute Gasteiger partial charge is 0.491 e. The molecule has 1 aromatic rings. The molecule has 0 unspecified atom stereocenters. The average molecular weight is 300 g/mol. The van der Waals surface area contributed by atoms with Crippen molar-refractivity contribution in [1.29, 1.82) is 0 Å². The molecule has 4 heteroatoms. The van der Waals surface area contributed by atoms with E-state index in [2.05, 4.69) is 20.8 Å². The van der Waals surface area contributed by atoms with Crippen molar-refractivity contribution in [3.63, 3.8) is 0 Å². The molecule has 0 radical (unpaired) electrons. The summed E-state index contributed by atoms with van der Waals surface area (Å²) >= 11 is 3.37. The number of benzene rings is 1. The van der Waals surface area contributed by atoms with Gasteiger partial charge in [0.1, 0.15) is 18.5 Å². The van der Waals surface area contributed by atoms with Crippen molar-refractivity contribution in [3.8, 4) is 5.75 Å². The molecular formula is C13H18BrNO2. The first-order valence-electron chi connectivity index (χ1n) is 6.03. The van der Waals surface area contributed by atoms with Gasteiger partial charge in [-0.3, -0.25) is 0 Å². The number of hydrogen-bond acceptors (Lipinski definition) is 3. The number of nitrogens with zero attached hydrogens (tertiary/aromatic N) is 1. The molecule has 0 amide bonds. The first-order chi connectivity index (χ1) is 8.24. The zero-order valence-corrected chi connectivity index (χ0v) is 11.4. The van der Waals surface area contributed by atoms with Gasteiger partial charge in [0, 0.05) is 11.0 Å². The smallest absolute Gasteiger partial charge is 0.119 e. The van der Waals surface area contributed by atoms with E-state index >= 15 is 0 Å². The summed E-state index contributed by atoms with van der Waals surface area (Å²) in [5.74, 6) is 0.800. The van der Waals surface area contributed by atoms with Gasteiger partial charge in [-0.05, 0) is 50.2 Å². The van der Waals surface area contributed by atoms with Gasteiger partial charge in [-0.2, -0.15) is 0 Å². The van der Waals surface area contributed by atoms with Gasteiger partial charge in [0.25, 0.3) is 0 Å². The highest BCUT2D eigenvalue weighted by atomic mass is 79.9. The number of hydrogen-bond donors (Lipinski definition) is 1. The Hall–Kier alpha value is -0.580. The molecular weight excluding hydrogens is 282 g/mol. The average Bonchev–Trinajstić information content (AvgIpc) is 2.81. The summed E-state index contributed by atoms with van der Waals surface area (Å²) in [6, 6.07) is 7.66. The monoisotopic (exact) mass is 299 g/mol. The summed E-state index contributed by atoms with van der Waals surface area (Å²) in [6.07, 6.45) is 2.09. The Morgan fingerprint density at radius 2 is 1.88 bits per heavy atom. The summed E-state index contributed by atoms with van der Waals surface area (Å²) in [5, 5.41) is 9.85. The van der Waals surface area contributed by atoms with Crippen molar-refractivity contribution in [3.05, 3.63) is 28.7 Å². The Morgan fingerprint density at radius 3 is 2.53 bits per heavy atom. The fourth-order valence-corrected chi connectivity index (χ4v) is 2.30. The van der Waals surface area contributed by atoms with Gasteiger partial charge in [-0.1, -0.05) is 15.9 Å². The van der Waals surface area contributed by atoms with E-state index in [1.54, 1.807) is 0 Å². The maximum Gasteiger partial charge on any atom is 0.119 e. The minimum atomic E-state index is -0.406. The first kappa shape index (κ1) is 12.9. The normalized spacial score (nSPS) is 18.2. The number of halogens is 1. The molecule has 1 aromatic carbocycles. The van der Waals surface area contributed by atoms with E-state index in [9.17, 15) is 5.11 Å². The molecule has 0 aromatic heterocycles. The molecule has 1 aliphatic rings. The Balaban J connectivity index is 1.71. The molecule has 0 bridgehead atoms. The van der Waals surface area contributed by atoms with E-state index in [0.717, 1.165) is 29.9 Å². The van der Waals surface area contributed by atoms with Crippen LogP contribution in [0.25, 0.3) is 0 Å². The van der Waals surface area contributed by atoms with Crippen molar-refractivity contribution >= 4 is 15.9 Å². The third-order valence-electron chi connectivity index (χ3n) is 2.92. The summed E-state index contributed by atoms with van der Waals surface area (Å²) in [6.45, 7) is 3.29. The standard InChI is InChI=1S/C13H18BrNO2/c14-11-3-5-13(6-4-11)17-10-12(16)9-15-7-1-2-8-15/h3-6,12,16H,1-2,7-10H2/t12-/m0/s1. The van der Waals surface area contributed by atoms with Crippen LogP contribution in [0.15, 0.2) is 28.7 Å². The number of rotatable bonds is 5. The zero-order valence-electron chi connectivity index (χ0n) is 9.81. The Labute approximate surface area is 111 Å². The summed E-state index contributed by atoms with van der Waals surface area (Å²) in [7, 11) is 0. The maximum absolute atomic E-state index is 9.85. The van der Waals surface area contributed by atoms with Crippen LogP contribution < -0.4 is 4.74 Å². The molecule has 0 aliphatic carbocycles. The minimum absolute atomic E-state index is 0.359. The van der Waals surface area contributed by atoms with Gasteiger partial charge in [0.15, 0.2) is 0 Å². The van der Waals surface area contributed by atoms with E-state index in [-0.39, 0.29) is 0 Å².